The highest BCUT2D eigenvalue weighted by molar-refractivity contribution is 6.33. The van der Waals surface area contributed by atoms with Gasteiger partial charge in [0.15, 0.2) is 17.0 Å². The number of methoxy groups -OCH3 is 1. The first-order valence-electron chi connectivity index (χ1n) is 10.1. The van der Waals surface area contributed by atoms with Gasteiger partial charge in [0.25, 0.3) is 0 Å². The largest absolute Gasteiger partial charge is 0.383 e. The van der Waals surface area contributed by atoms with Crippen molar-refractivity contribution in [3.05, 3.63) is 35.1 Å². The number of aromatic nitrogens is 4. The first-order valence-corrected chi connectivity index (χ1v) is 10.5. The third kappa shape index (κ3) is 4.39. The van der Waals surface area contributed by atoms with Gasteiger partial charge in [-0.25, -0.2) is 15.0 Å². The van der Waals surface area contributed by atoms with Crippen LogP contribution in [0.2, 0.25) is 5.02 Å². The van der Waals surface area contributed by atoms with Gasteiger partial charge in [0.1, 0.15) is 11.6 Å². The number of ether oxygens (including phenoxy) is 1. The van der Waals surface area contributed by atoms with Crippen molar-refractivity contribution in [2.45, 2.75) is 20.4 Å². The summed E-state index contributed by atoms with van der Waals surface area (Å²) in [6.07, 6.45) is 0. The Balaban J connectivity index is 0.00000256. The van der Waals surface area contributed by atoms with Gasteiger partial charge in [-0.05, 0) is 25.6 Å². The third-order valence-electron chi connectivity index (χ3n) is 5.44. The molecule has 0 bridgehead atoms. The van der Waals surface area contributed by atoms with Crippen LogP contribution in [0.5, 0.6) is 0 Å². The van der Waals surface area contributed by atoms with Gasteiger partial charge < -0.3 is 19.1 Å². The molecule has 0 spiro atoms. The lowest BCUT2D eigenvalue weighted by Gasteiger charge is -2.34. The lowest BCUT2D eigenvalue weighted by Crippen LogP contribution is -2.46. The van der Waals surface area contributed by atoms with Gasteiger partial charge >= 0.3 is 0 Å². The van der Waals surface area contributed by atoms with Gasteiger partial charge in [-0.2, -0.15) is 0 Å². The fraction of sp³-hybridized carbons (Fsp3) is 0.476. The number of hydrogen-bond donors (Lipinski definition) is 0. The van der Waals surface area contributed by atoms with E-state index in [4.69, 9.17) is 31.3 Å². The summed E-state index contributed by atoms with van der Waals surface area (Å²) < 4.78 is 7.44. The standard InChI is InChI=1S/C21H27ClN6O.ClH/c1-4-26-9-11-27(12-10-26)20-18-21(24-15(2)23-20)28(13-14-29-3)19(25-18)16-7-5-6-8-17(16)22;/h5-8H,4,9-14H2,1-3H3;1H. The first-order chi connectivity index (χ1) is 14.1. The smallest absolute Gasteiger partial charge is 0.166 e. The van der Waals surface area contributed by atoms with Crippen molar-refractivity contribution in [2.75, 3.05) is 51.3 Å². The second-order valence-corrected chi connectivity index (χ2v) is 7.65. The summed E-state index contributed by atoms with van der Waals surface area (Å²) in [6.45, 7) is 10.4. The Bertz CT molecular complexity index is 1000. The SMILES string of the molecule is CCN1CCN(c2nc(C)nc3c2nc(-c2ccccc2Cl)n3CCOC)CC1.Cl. The molecule has 2 aromatic heterocycles. The molecule has 1 saturated heterocycles. The second kappa shape index (κ2) is 9.92. The van der Waals surface area contributed by atoms with Crippen LogP contribution in [0.25, 0.3) is 22.6 Å². The summed E-state index contributed by atoms with van der Waals surface area (Å²) in [4.78, 5) is 19.3. The van der Waals surface area contributed by atoms with E-state index in [1.807, 2.05) is 31.2 Å². The molecule has 0 N–H and O–H groups in total. The van der Waals surface area contributed by atoms with Crippen LogP contribution in [-0.2, 0) is 11.3 Å². The summed E-state index contributed by atoms with van der Waals surface area (Å²) in [5.74, 6) is 2.46. The van der Waals surface area contributed by atoms with Crippen LogP contribution in [0.1, 0.15) is 12.7 Å². The maximum absolute atomic E-state index is 6.51. The molecular weight excluding hydrogens is 423 g/mol. The third-order valence-corrected chi connectivity index (χ3v) is 5.77. The molecule has 0 radical (unpaired) electrons. The molecule has 7 nitrogen and oxygen atoms in total. The Labute approximate surface area is 188 Å². The minimum atomic E-state index is 0. The average Bonchev–Trinajstić information content (AvgIpc) is 3.10. The van der Waals surface area contributed by atoms with E-state index < -0.39 is 0 Å². The van der Waals surface area contributed by atoms with E-state index in [0.29, 0.717) is 18.2 Å². The number of rotatable bonds is 6. The van der Waals surface area contributed by atoms with Crippen molar-refractivity contribution in [1.29, 1.82) is 0 Å². The number of hydrogen-bond acceptors (Lipinski definition) is 6. The molecule has 3 aromatic rings. The highest BCUT2D eigenvalue weighted by atomic mass is 35.5. The molecular formula is C21H28Cl2N6O. The predicted octanol–water partition coefficient (Wildman–Crippen LogP) is 3.67. The van der Waals surface area contributed by atoms with Gasteiger partial charge in [-0.1, -0.05) is 30.7 Å². The molecule has 4 rings (SSSR count). The number of anilines is 1. The minimum Gasteiger partial charge on any atom is -0.383 e. The molecule has 162 valence electrons. The van der Waals surface area contributed by atoms with Gasteiger partial charge in [0.2, 0.25) is 0 Å². The molecule has 0 unspecified atom stereocenters. The van der Waals surface area contributed by atoms with Crippen LogP contribution in [0.4, 0.5) is 5.82 Å². The maximum atomic E-state index is 6.51. The van der Waals surface area contributed by atoms with E-state index in [2.05, 4.69) is 21.3 Å². The Kier molecular flexibility index (Phi) is 7.52. The summed E-state index contributed by atoms with van der Waals surface area (Å²) in [7, 11) is 1.70. The molecule has 1 fully saturated rings. The van der Waals surface area contributed by atoms with Crippen molar-refractivity contribution in [2.24, 2.45) is 0 Å². The number of benzene rings is 1. The Hall–Kier alpha value is -1.93. The highest BCUT2D eigenvalue weighted by Gasteiger charge is 2.24. The van der Waals surface area contributed by atoms with E-state index in [1.54, 1.807) is 7.11 Å². The molecule has 0 atom stereocenters. The van der Waals surface area contributed by atoms with Crippen molar-refractivity contribution in [1.82, 2.24) is 24.4 Å². The normalized spacial score (nSPS) is 14.9. The number of fused-ring (bicyclic) bond motifs is 1. The zero-order valence-electron chi connectivity index (χ0n) is 17.6. The van der Waals surface area contributed by atoms with E-state index >= 15 is 0 Å². The average molecular weight is 451 g/mol. The van der Waals surface area contributed by atoms with Crippen LogP contribution >= 0.6 is 24.0 Å². The zero-order chi connectivity index (χ0) is 20.4. The summed E-state index contributed by atoms with van der Waals surface area (Å²) in [5, 5.41) is 0.671. The lowest BCUT2D eigenvalue weighted by molar-refractivity contribution is 0.188. The summed E-state index contributed by atoms with van der Waals surface area (Å²) in [6, 6.07) is 7.78. The van der Waals surface area contributed by atoms with Gasteiger partial charge in [-0.15, -0.1) is 12.4 Å². The lowest BCUT2D eigenvalue weighted by atomic mass is 10.2. The molecule has 9 heteroatoms. The Morgan fingerprint density at radius 3 is 2.47 bits per heavy atom. The van der Waals surface area contributed by atoms with Crippen molar-refractivity contribution in [3.8, 4) is 11.4 Å². The monoisotopic (exact) mass is 450 g/mol. The van der Waals surface area contributed by atoms with E-state index in [0.717, 1.165) is 66.9 Å². The topological polar surface area (TPSA) is 59.3 Å². The first kappa shape index (κ1) is 22.7. The number of likely N-dealkylation sites (N-methyl/N-ethyl adjacent to an activating group) is 1. The molecule has 0 saturated carbocycles. The van der Waals surface area contributed by atoms with Crippen molar-refractivity contribution < 1.29 is 4.74 Å². The maximum Gasteiger partial charge on any atom is 0.166 e. The van der Waals surface area contributed by atoms with Gasteiger partial charge in [-0.3, -0.25) is 0 Å². The summed E-state index contributed by atoms with van der Waals surface area (Å²) in [5.41, 5.74) is 2.55. The highest BCUT2D eigenvalue weighted by Crippen LogP contribution is 2.33. The molecule has 0 aliphatic carbocycles. The number of imidazole rings is 1. The van der Waals surface area contributed by atoms with Crippen LogP contribution in [-0.4, -0.2) is 70.9 Å². The fourth-order valence-electron chi connectivity index (χ4n) is 3.83. The second-order valence-electron chi connectivity index (χ2n) is 7.25. The van der Waals surface area contributed by atoms with Crippen LogP contribution in [0, 0.1) is 6.92 Å². The van der Waals surface area contributed by atoms with Crippen LogP contribution in [0.15, 0.2) is 24.3 Å². The van der Waals surface area contributed by atoms with Gasteiger partial charge in [0.05, 0.1) is 11.6 Å². The predicted molar refractivity (Wildman–Crippen MR) is 124 cm³/mol. The number of piperazine rings is 1. The quantitative estimate of drug-likeness (QED) is 0.570. The molecule has 30 heavy (non-hydrogen) atoms. The fourth-order valence-corrected chi connectivity index (χ4v) is 4.05. The van der Waals surface area contributed by atoms with Crippen LogP contribution in [0.3, 0.4) is 0 Å². The number of nitrogens with zero attached hydrogens (tertiary/aromatic N) is 6. The molecule has 1 aromatic carbocycles. The van der Waals surface area contributed by atoms with Crippen molar-refractivity contribution >= 4 is 41.0 Å². The Morgan fingerprint density at radius 1 is 1.07 bits per heavy atom. The van der Waals surface area contributed by atoms with Crippen molar-refractivity contribution in [3.63, 3.8) is 0 Å². The summed E-state index contributed by atoms with van der Waals surface area (Å²) >= 11 is 6.51. The molecule has 0 amide bonds. The molecule has 3 heterocycles. The van der Waals surface area contributed by atoms with E-state index in [-0.39, 0.29) is 12.4 Å². The number of aryl methyl sites for hydroxylation is 1. The minimum absolute atomic E-state index is 0. The number of halogens is 2. The van der Waals surface area contributed by atoms with Gasteiger partial charge in [0, 0.05) is 45.4 Å². The Morgan fingerprint density at radius 2 is 1.80 bits per heavy atom. The van der Waals surface area contributed by atoms with E-state index in [1.165, 1.54) is 0 Å². The van der Waals surface area contributed by atoms with Crippen LogP contribution < -0.4 is 4.90 Å². The molecule has 1 aliphatic heterocycles. The van der Waals surface area contributed by atoms with E-state index in [9.17, 15) is 0 Å². The zero-order valence-corrected chi connectivity index (χ0v) is 19.2. The molecule has 1 aliphatic rings.